The van der Waals surface area contributed by atoms with Gasteiger partial charge in [0.15, 0.2) is 0 Å². The highest BCUT2D eigenvalue weighted by molar-refractivity contribution is 5.24. The fourth-order valence-corrected chi connectivity index (χ4v) is 2.83. The first kappa shape index (κ1) is 13.6. The molecule has 2 rings (SSSR count). The summed E-state index contributed by atoms with van der Waals surface area (Å²) in [6.45, 7) is 7.97. The minimum Gasteiger partial charge on any atom is -0.307 e. The highest BCUT2D eigenvalue weighted by Crippen LogP contribution is 2.20. The predicted octanol–water partition coefficient (Wildman–Crippen LogP) is 3.13. The number of nitrogens with one attached hydrogen (secondary N) is 1. The molecule has 0 amide bonds. The van der Waals surface area contributed by atoms with Crippen molar-refractivity contribution >= 4 is 0 Å². The Bertz CT molecular complexity index is 388. The maximum atomic E-state index is 3.79. The molecule has 2 unspecified atom stereocenters. The highest BCUT2D eigenvalue weighted by atomic mass is 15.1. The summed E-state index contributed by atoms with van der Waals surface area (Å²) in [6, 6.07) is 10.6. The van der Waals surface area contributed by atoms with Crippen LogP contribution in [0.15, 0.2) is 24.3 Å². The summed E-state index contributed by atoms with van der Waals surface area (Å²) in [7, 11) is 2.23. The van der Waals surface area contributed by atoms with Gasteiger partial charge in [0.2, 0.25) is 0 Å². The number of hydrogen-bond acceptors (Lipinski definition) is 2. The predicted molar refractivity (Wildman–Crippen MR) is 77.8 cm³/mol. The van der Waals surface area contributed by atoms with Gasteiger partial charge in [-0.3, -0.25) is 0 Å². The molecular weight excluding hydrogens is 220 g/mol. The first-order valence-electron chi connectivity index (χ1n) is 7.09. The molecule has 1 N–H and O–H groups in total. The monoisotopic (exact) mass is 246 g/mol. The van der Waals surface area contributed by atoms with Crippen LogP contribution in [0.5, 0.6) is 0 Å². The van der Waals surface area contributed by atoms with Crippen molar-refractivity contribution in [2.45, 2.75) is 51.7 Å². The summed E-state index contributed by atoms with van der Waals surface area (Å²) in [5.74, 6) is 0. The van der Waals surface area contributed by atoms with E-state index in [9.17, 15) is 0 Å². The third-order valence-corrected chi connectivity index (χ3v) is 4.24. The van der Waals surface area contributed by atoms with Crippen molar-refractivity contribution in [3.63, 3.8) is 0 Å². The normalized spacial score (nSPS) is 27.1. The van der Waals surface area contributed by atoms with Crippen molar-refractivity contribution in [1.29, 1.82) is 0 Å². The average Bonchev–Trinajstić information content (AvgIpc) is 2.34. The molecule has 1 saturated heterocycles. The first-order valence-corrected chi connectivity index (χ1v) is 7.09. The van der Waals surface area contributed by atoms with E-state index in [0.29, 0.717) is 18.1 Å². The van der Waals surface area contributed by atoms with Crippen molar-refractivity contribution in [2.24, 2.45) is 0 Å². The fraction of sp³-hybridized carbons (Fsp3) is 0.625. The molecule has 2 nitrogen and oxygen atoms in total. The smallest absolute Gasteiger partial charge is 0.0294 e. The van der Waals surface area contributed by atoms with Gasteiger partial charge in [0.25, 0.3) is 0 Å². The topological polar surface area (TPSA) is 15.3 Å². The zero-order valence-corrected chi connectivity index (χ0v) is 12.1. The van der Waals surface area contributed by atoms with Gasteiger partial charge in [-0.25, -0.2) is 0 Å². The SMILES string of the molecule is Cc1cccc([C@@H](C)NC2CCN(C)C(C)C2)c1. The summed E-state index contributed by atoms with van der Waals surface area (Å²) in [6.07, 6.45) is 2.52. The van der Waals surface area contributed by atoms with Crippen LogP contribution in [-0.2, 0) is 0 Å². The minimum absolute atomic E-state index is 0.450. The number of aryl methyl sites for hydroxylation is 1. The van der Waals surface area contributed by atoms with Gasteiger partial charge in [0, 0.05) is 18.1 Å². The standard InChI is InChI=1S/C16H26N2/c1-12-6-5-7-15(10-12)14(3)17-16-8-9-18(4)13(2)11-16/h5-7,10,13-14,16-17H,8-9,11H2,1-4H3/t13?,14-,16?/m1/s1. The molecule has 0 saturated carbocycles. The van der Waals surface area contributed by atoms with E-state index in [-0.39, 0.29) is 0 Å². The van der Waals surface area contributed by atoms with Gasteiger partial charge in [-0.2, -0.15) is 0 Å². The molecule has 0 bridgehead atoms. The zero-order chi connectivity index (χ0) is 13.1. The molecule has 1 heterocycles. The van der Waals surface area contributed by atoms with E-state index in [1.807, 2.05) is 0 Å². The quantitative estimate of drug-likeness (QED) is 0.881. The summed E-state index contributed by atoms with van der Waals surface area (Å²) in [4.78, 5) is 2.45. The second kappa shape index (κ2) is 5.85. The summed E-state index contributed by atoms with van der Waals surface area (Å²) >= 11 is 0. The van der Waals surface area contributed by atoms with E-state index >= 15 is 0 Å². The molecule has 0 spiro atoms. The maximum absolute atomic E-state index is 3.79. The van der Waals surface area contributed by atoms with Crippen LogP contribution in [-0.4, -0.2) is 30.6 Å². The Hall–Kier alpha value is -0.860. The van der Waals surface area contributed by atoms with Crippen LogP contribution in [0, 0.1) is 6.92 Å². The lowest BCUT2D eigenvalue weighted by Crippen LogP contribution is -2.46. The van der Waals surface area contributed by atoms with Crippen LogP contribution < -0.4 is 5.32 Å². The number of likely N-dealkylation sites (tertiary alicyclic amines) is 1. The van der Waals surface area contributed by atoms with Crippen molar-refractivity contribution in [1.82, 2.24) is 10.2 Å². The van der Waals surface area contributed by atoms with E-state index in [1.165, 1.54) is 30.5 Å². The van der Waals surface area contributed by atoms with Crippen LogP contribution >= 0.6 is 0 Å². The number of benzene rings is 1. The molecule has 0 aliphatic carbocycles. The summed E-state index contributed by atoms with van der Waals surface area (Å²) in [5, 5.41) is 3.79. The van der Waals surface area contributed by atoms with E-state index < -0.39 is 0 Å². The van der Waals surface area contributed by atoms with Crippen molar-refractivity contribution in [3.8, 4) is 0 Å². The van der Waals surface area contributed by atoms with Crippen LogP contribution in [0.4, 0.5) is 0 Å². The second-order valence-corrected chi connectivity index (χ2v) is 5.85. The van der Waals surface area contributed by atoms with Crippen LogP contribution in [0.1, 0.15) is 43.9 Å². The molecule has 1 aliphatic heterocycles. The molecular formula is C16H26N2. The molecule has 1 aromatic rings. The lowest BCUT2D eigenvalue weighted by Gasteiger charge is -2.36. The second-order valence-electron chi connectivity index (χ2n) is 5.85. The van der Waals surface area contributed by atoms with Gasteiger partial charge < -0.3 is 10.2 Å². The fourth-order valence-electron chi connectivity index (χ4n) is 2.83. The zero-order valence-electron chi connectivity index (χ0n) is 12.1. The first-order chi connectivity index (χ1) is 8.56. The Morgan fingerprint density at radius 2 is 2.17 bits per heavy atom. The molecule has 0 radical (unpaired) electrons. The number of nitrogens with zero attached hydrogens (tertiary/aromatic N) is 1. The van der Waals surface area contributed by atoms with Crippen molar-refractivity contribution in [2.75, 3.05) is 13.6 Å². The number of piperidine rings is 1. The molecule has 1 aromatic carbocycles. The Morgan fingerprint density at radius 3 is 2.83 bits per heavy atom. The van der Waals surface area contributed by atoms with Crippen LogP contribution in [0.3, 0.4) is 0 Å². The third kappa shape index (κ3) is 3.33. The Labute approximate surface area is 111 Å². The molecule has 0 aromatic heterocycles. The number of hydrogen-bond donors (Lipinski definition) is 1. The van der Waals surface area contributed by atoms with Crippen molar-refractivity contribution < 1.29 is 0 Å². The van der Waals surface area contributed by atoms with E-state index in [4.69, 9.17) is 0 Å². The van der Waals surface area contributed by atoms with E-state index in [0.717, 1.165) is 0 Å². The maximum Gasteiger partial charge on any atom is 0.0294 e. The third-order valence-electron chi connectivity index (χ3n) is 4.24. The molecule has 100 valence electrons. The Balaban J connectivity index is 1.93. The van der Waals surface area contributed by atoms with Gasteiger partial charge >= 0.3 is 0 Å². The summed E-state index contributed by atoms with van der Waals surface area (Å²) < 4.78 is 0. The van der Waals surface area contributed by atoms with Crippen LogP contribution in [0.2, 0.25) is 0 Å². The number of rotatable bonds is 3. The largest absolute Gasteiger partial charge is 0.307 e. The Morgan fingerprint density at radius 1 is 1.39 bits per heavy atom. The van der Waals surface area contributed by atoms with Gasteiger partial charge in [-0.15, -0.1) is 0 Å². The van der Waals surface area contributed by atoms with E-state index in [2.05, 4.69) is 62.3 Å². The molecule has 1 fully saturated rings. The lowest BCUT2D eigenvalue weighted by atomic mass is 9.97. The molecule has 3 atom stereocenters. The Kier molecular flexibility index (Phi) is 4.41. The van der Waals surface area contributed by atoms with Crippen LogP contribution in [0.25, 0.3) is 0 Å². The van der Waals surface area contributed by atoms with Gasteiger partial charge in [-0.05, 0) is 52.8 Å². The van der Waals surface area contributed by atoms with Gasteiger partial charge in [-0.1, -0.05) is 29.8 Å². The minimum atomic E-state index is 0.450. The van der Waals surface area contributed by atoms with Crippen molar-refractivity contribution in [3.05, 3.63) is 35.4 Å². The average molecular weight is 246 g/mol. The lowest BCUT2D eigenvalue weighted by molar-refractivity contribution is 0.163. The molecule has 2 heteroatoms. The molecule has 18 heavy (non-hydrogen) atoms. The van der Waals surface area contributed by atoms with Gasteiger partial charge in [0.05, 0.1) is 0 Å². The van der Waals surface area contributed by atoms with Gasteiger partial charge in [0.1, 0.15) is 0 Å². The van der Waals surface area contributed by atoms with E-state index in [1.54, 1.807) is 0 Å². The highest BCUT2D eigenvalue weighted by Gasteiger charge is 2.23. The molecule has 1 aliphatic rings. The summed E-state index contributed by atoms with van der Waals surface area (Å²) in [5.41, 5.74) is 2.75.